The first-order chi connectivity index (χ1) is 10.6. The van der Waals surface area contributed by atoms with Crippen LogP contribution in [0.1, 0.15) is 12.0 Å². The molecule has 0 radical (unpaired) electrons. The number of ether oxygens (including phenoxy) is 1. The van der Waals surface area contributed by atoms with E-state index in [1.165, 1.54) is 12.0 Å². The maximum absolute atomic E-state index is 12.3. The lowest BCUT2D eigenvalue weighted by Gasteiger charge is -2.36. The Kier molecular flexibility index (Phi) is 3.83. The molecule has 0 saturated carbocycles. The summed E-state index contributed by atoms with van der Waals surface area (Å²) in [6.45, 7) is 0.0162. The van der Waals surface area contributed by atoms with E-state index in [1.54, 1.807) is 0 Å². The highest BCUT2D eigenvalue weighted by atomic mass is 16.5. The minimum Gasteiger partial charge on any atom is -0.468 e. The summed E-state index contributed by atoms with van der Waals surface area (Å²) in [5, 5.41) is 2.95. The number of amides is 2. The lowest BCUT2D eigenvalue weighted by molar-refractivity contribution is -0.151. The van der Waals surface area contributed by atoms with Crippen LogP contribution in [-0.4, -0.2) is 48.4 Å². The smallest absolute Gasteiger partial charge is 0.318 e. The molecule has 22 heavy (non-hydrogen) atoms. The van der Waals surface area contributed by atoms with Gasteiger partial charge in [-0.2, -0.15) is 0 Å². The highest BCUT2D eigenvalue weighted by Crippen LogP contribution is 2.30. The summed E-state index contributed by atoms with van der Waals surface area (Å²) < 4.78 is 4.70. The summed E-state index contributed by atoms with van der Waals surface area (Å²) in [5.74, 6) is -1.80. The molecule has 0 spiro atoms. The van der Waals surface area contributed by atoms with Crippen molar-refractivity contribution in [1.29, 1.82) is 0 Å². The van der Waals surface area contributed by atoms with Crippen molar-refractivity contribution >= 4 is 17.8 Å². The number of piperazine rings is 1. The molecule has 2 aliphatic rings. The first kappa shape index (κ1) is 14.6. The normalized spacial score (nSPS) is 27.3. The zero-order valence-corrected chi connectivity index (χ0v) is 12.3. The zero-order valence-electron chi connectivity index (χ0n) is 12.3. The van der Waals surface area contributed by atoms with E-state index in [-0.39, 0.29) is 30.4 Å². The Labute approximate surface area is 128 Å². The Hall–Kier alpha value is -2.37. The minimum atomic E-state index is -0.791. The Morgan fingerprint density at radius 1 is 1.32 bits per heavy atom. The molecule has 0 bridgehead atoms. The van der Waals surface area contributed by atoms with Crippen LogP contribution in [0.4, 0.5) is 0 Å². The van der Waals surface area contributed by atoms with E-state index in [0.717, 1.165) is 5.56 Å². The van der Waals surface area contributed by atoms with E-state index in [1.807, 2.05) is 30.3 Å². The highest BCUT2D eigenvalue weighted by Gasteiger charge is 2.49. The second-order valence-electron chi connectivity index (χ2n) is 5.71. The Morgan fingerprint density at radius 2 is 2.05 bits per heavy atom. The van der Waals surface area contributed by atoms with Crippen LogP contribution in [0.2, 0.25) is 0 Å². The number of carbonyl (C=O) groups excluding carboxylic acids is 3. The summed E-state index contributed by atoms with van der Waals surface area (Å²) in [5.41, 5.74) is 1.09. The van der Waals surface area contributed by atoms with Crippen LogP contribution in [0, 0.1) is 5.92 Å². The Balaban J connectivity index is 1.81. The van der Waals surface area contributed by atoms with Crippen LogP contribution in [0.5, 0.6) is 0 Å². The number of hydrogen-bond acceptors (Lipinski definition) is 4. The van der Waals surface area contributed by atoms with Crippen molar-refractivity contribution in [3.8, 4) is 0 Å². The molecule has 2 aliphatic heterocycles. The average Bonchev–Trinajstić information content (AvgIpc) is 2.85. The molecule has 0 aliphatic carbocycles. The average molecular weight is 302 g/mol. The van der Waals surface area contributed by atoms with Gasteiger partial charge >= 0.3 is 5.97 Å². The zero-order chi connectivity index (χ0) is 15.7. The predicted octanol–water partition coefficient (Wildman–Crippen LogP) is 0.118. The number of esters is 1. The molecule has 1 aromatic carbocycles. The molecule has 6 nitrogen and oxygen atoms in total. The molecule has 0 aromatic heterocycles. The molecule has 3 rings (SSSR count). The third kappa shape index (κ3) is 2.56. The molecule has 2 fully saturated rings. The first-order valence-electron chi connectivity index (χ1n) is 7.31. The third-order valence-electron chi connectivity index (χ3n) is 4.37. The molecule has 3 atom stereocenters. The molecule has 2 heterocycles. The Bertz CT molecular complexity index is 601. The van der Waals surface area contributed by atoms with Crippen molar-refractivity contribution in [2.24, 2.45) is 5.92 Å². The molecule has 1 N–H and O–H groups in total. The number of nitrogens with one attached hydrogen (secondary N) is 1. The van der Waals surface area contributed by atoms with Gasteiger partial charge in [0.15, 0.2) is 0 Å². The number of carbonyl (C=O) groups is 3. The van der Waals surface area contributed by atoms with Gasteiger partial charge in [-0.3, -0.25) is 14.4 Å². The van der Waals surface area contributed by atoms with Gasteiger partial charge in [0, 0.05) is 0 Å². The molecule has 1 aromatic rings. The minimum absolute atomic E-state index is 0.0162. The second-order valence-corrected chi connectivity index (χ2v) is 5.71. The van der Waals surface area contributed by atoms with Gasteiger partial charge in [0.2, 0.25) is 11.8 Å². The van der Waals surface area contributed by atoms with E-state index in [4.69, 9.17) is 4.74 Å². The highest BCUT2D eigenvalue weighted by molar-refractivity contribution is 6.01. The topological polar surface area (TPSA) is 75.7 Å². The monoisotopic (exact) mass is 302 g/mol. The predicted molar refractivity (Wildman–Crippen MR) is 77.7 cm³/mol. The van der Waals surface area contributed by atoms with Gasteiger partial charge in [-0.15, -0.1) is 0 Å². The van der Waals surface area contributed by atoms with Crippen LogP contribution in [0.3, 0.4) is 0 Å². The molecule has 2 saturated heterocycles. The lowest BCUT2D eigenvalue weighted by atomic mass is 9.93. The number of rotatable bonds is 3. The number of benzene rings is 1. The van der Waals surface area contributed by atoms with Crippen molar-refractivity contribution < 1.29 is 19.1 Å². The summed E-state index contributed by atoms with van der Waals surface area (Å²) >= 11 is 0. The fraction of sp³-hybridized carbons (Fsp3) is 0.438. The lowest BCUT2D eigenvalue weighted by Crippen LogP contribution is -2.59. The number of nitrogens with zero attached hydrogens (tertiary/aromatic N) is 1. The van der Waals surface area contributed by atoms with Crippen LogP contribution < -0.4 is 5.32 Å². The first-order valence-corrected chi connectivity index (χ1v) is 7.31. The molecular weight excluding hydrogens is 284 g/mol. The van der Waals surface area contributed by atoms with Crippen molar-refractivity contribution in [2.45, 2.75) is 24.9 Å². The van der Waals surface area contributed by atoms with E-state index in [9.17, 15) is 14.4 Å². The van der Waals surface area contributed by atoms with Crippen LogP contribution in [0.25, 0.3) is 0 Å². The molecule has 2 amide bonds. The van der Waals surface area contributed by atoms with Crippen molar-refractivity contribution in [3.63, 3.8) is 0 Å². The van der Waals surface area contributed by atoms with Crippen LogP contribution >= 0.6 is 0 Å². The van der Waals surface area contributed by atoms with Gasteiger partial charge in [0.25, 0.3) is 0 Å². The van der Waals surface area contributed by atoms with Gasteiger partial charge in [-0.05, 0) is 18.4 Å². The van der Waals surface area contributed by atoms with Crippen LogP contribution in [0.15, 0.2) is 30.3 Å². The van der Waals surface area contributed by atoms with Gasteiger partial charge in [-0.25, -0.2) is 0 Å². The summed E-state index contributed by atoms with van der Waals surface area (Å²) in [6.07, 6.45) is 1.03. The van der Waals surface area contributed by atoms with Crippen molar-refractivity contribution in [2.75, 3.05) is 13.7 Å². The van der Waals surface area contributed by atoms with E-state index >= 15 is 0 Å². The van der Waals surface area contributed by atoms with E-state index in [0.29, 0.717) is 12.8 Å². The maximum atomic E-state index is 12.3. The summed E-state index contributed by atoms with van der Waals surface area (Å²) in [4.78, 5) is 37.5. The number of hydrogen-bond donors (Lipinski definition) is 1. The fourth-order valence-corrected chi connectivity index (χ4v) is 3.31. The standard InChI is InChI=1S/C16H18N2O4/c1-22-16(21)11-8-13-12(7-10-5-3-2-4-6-10)17-14(19)9-18(13)15(11)20/h2-6,11-13H,7-9H2,1H3,(H,17,19)/t11?,12-,13-/m0/s1. The van der Waals surface area contributed by atoms with Crippen LogP contribution in [-0.2, 0) is 25.5 Å². The van der Waals surface area contributed by atoms with E-state index in [2.05, 4.69) is 5.32 Å². The molecule has 116 valence electrons. The van der Waals surface area contributed by atoms with E-state index < -0.39 is 11.9 Å². The largest absolute Gasteiger partial charge is 0.468 e. The van der Waals surface area contributed by atoms with Crippen molar-refractivity contribution in [3.05, 3.63) is 35.9 Å². The SMILES string of the molecule is COC(=O)C1C[C@H]2[C@H](Cc3ccccc3)NC(=O)CN2C1=O. The fourth-order valence-electron chi connectivity index (χ4n) is 3.31. The molecular formula is C16H18N2O4. The van der Waals surface area contributed by atoms with Crippen molar-refractivity contribution in [1.82, 2.24) is 10.2 Å². The molecule has 6 heteroatoms. The number of fused-ring (bicyclic) bond motifs is 1. The Morgan fingerprint density at radius 3 is 2.73 bits per heavy atom. The quantitative estimate of drug-likeness (QED) is 0.635. The van der Waals surface area contributed by atoms with Gasteiger partial charge in [0.1, 0.15) is 5.92 Å². The third-order valence-corrected chi connectivity index (χ3v) is 4.37. The second kappa shape index (κ2) is 5.79. The number of methoxy groups -OCH3 is 1. The van der Waals surface area contributed by atoms with Gasteiger partial charge in [-0.1, -0.05) is 30.3 Å². The molecule has 1 unspecified atom stereocenters. The van der Waals surface area contributed by atoms with Gasteiger partial charge < -0.3 is 15.0 Å². The van der Waals surface area contributed by atoms with Gasteiger partial charge in [0.05, 0.1) is 25.7 Å². The summed E-state index contributed by atoms with van der Waals surface area (Å²) in [6, 6.07) is 9.45. The maximum Gasteiger partial charge on any atom is 0.318 e. The summed E-state index contributed by atoms with van der Waals surface area (Å²) in [7, 11) is 1.28.